The van der Waals surface area contributed by atoms with Crippen molar-refractivity contribution in [1.29, 1.82) is 0 Å². The minimum atomic E-state index is -0.111. The van der Waals surface area contributed by atoms with Gasteiger partial charge in [0.2, 0.25) is 5.91 Å². The number of carbonyl (C=O) groups excluding carboxylic acids is 2. The first-order valence-corrected chi connectivity index (χ1v) is 10.1. The summed E-state index contributed by atoms with van der Waals surface area (Å²) in [5.41, 5.74) is 2.69. The Morgan fingerprint density at radius 3 is 2.38 bits per heavy atom. The minimum Gasteiger partial charge on any atom is -0.497 e. The third-order valence-corrected chi connectivity index (χ3v) is 4.61. The lowest BCUT2D eigenvalue weighted by molar-refractivity contribution is -0.127. The molecule has 0 aliphatic heterocycles. The summed E-state index contributed by atoms with van der Waals surface area (Å²) in [6, 6.07) is 15.2. The number of likely N-dealkylation sites (N-methyl/N-ethyl adjacent to an activating group) is 1. The van der Waals surface area contributed by atoms with Crippen LogP contribution in [-0.2, 0) is 17.8 Å². The number of nitrogens with zero attached hydrogens (tertiary/aromatic N) is 2. The fourth-order valence-electron chi connectivity index (χ4n) is 2.73. The van der Waals surface area contributed by atoms with Crippen molar-refractivity contribution in [2.24, 2.45) is 4.99 Å². The van der Waals surface area contributed by atoms with Crippen molar-refractivity contribution in [3.8, 4) is 5.75 Å². The Morgan fingerprint density at radius 1 is 1.03 bits per heavy atom. The molecule has 0 aliphatic rings. The molecule has 8 nitrogen and oxygen atoms in total. The fourth-order valence-corrected chi connectivity index (χ4v) is 2.73. The highest BCUT2D eigenvalue weighted by Crippen LogP contribution is 2.12. The van der Waals surface area contributed by atoms with Gasteiger partial charge in [-0.3, -0.25) is 9.59 Å². The van der Waals surface area contributed by atoms with E-state index in [0.717, 1.165) is 16.9 Å². The van der Waals surface area contributed by atoms with Gasteiger partial charge in [-0.25, -0.2) is 4.99 Å². The van der Waals surface area contributed by atoms with Gasteiger partial charge in [0.1, 0.15) is 5.75 Å². The van der Waals surface area contributed by atoms with Crippen molar-refractivity contribution in [2.75, 3.05) is 41.3 Å². The van der Waals surface area contributed by atoms with Gasteiger partial charge < -0.3 is 25.6 Å². The summed E-state index contributed by atoms with van der Waals surface area (Å²) in [7, 11) is 6.67. The first-order chi connectivity index (χ1) is 14.9. The second kappa shape index (κ2) is 14.3. The first-order valence-electron chi connectivity index (χ1n) is 10.1. The van der Waals surface area contributed by atoms with Crippen LogP contribution in [0.5, 0.6) is 5.75 Å². The SMILES string of the molecule is CNC(=O)c1cccc(CCNC(=NCc2ccc(OC)cc2)NCC(=O)N(C)C)c1.I. The molecule has 0 fully saturated rings. The molecule has 0 bridgehead atoms. The Kier molecular flexibility index (Phi) is 12.1. The molecule has 0 aliphatic carbocycles. The summed E-state index contributed by atoms with van der Waals surface area (Å²) in [4.78, 5) is 29.9. The monoisotopic (exact) mass is 553 g/mol. The lowest BCUT2D eigenvalue weighted by Gasteiger charge is -2.15. The average molecular weight is 553 g/mol. The maximum Gasteiger partial charge on any atom is 0.251 e. The highest BCUT2D eigenvalue weighted by molar-refractivity contribution is 14.0. The van der Waals surface area contributed by atoms with Crippen LogP contribution in [0.15, 0.2) is 53.5 Å². The van der Waals surface area contributed by atoms with Crippen LogP contribution in [-0.4, -0.2) is 64.0 Å². The number of methoxy groups -OCH3 is 1. The number of amides is 2. The molecular weight excluding hydrogens is 521 g/mol. The van der Waals surface area contributed by atoms with Gasteiger partial charge in [0.05, 0.1) is 20.2 Å². The topological polar surface area (TPSA) is 95.1 Å². The van der Waals surface area contributed by atoms with E-state index in [1.165, 1.54) is 4.90 Å². The molecule has 0 atom stereocenters. The third kappa shape index (κ3) is 9.13. The van der Waals surface area contributed by atoms with Gasteiger partial charge in [0.25, 0.3) is 5.91 Å². The van der Waals surface area contributed by atoms with Gasteiger partial charge in [-0.15, -0.1) is 24.0 Å². The van der Waals surface area contributed by atoms with Crippen LogP contribution >= 0.6 is 24.0 Å². The molecule has 174 valence electrons. The molecule has 2 aromatic rings. The van der Waals surface area contributed by atoms with E-state index in [2.05, 4.69) is 20.9 Å². The van der Waals surface area contributed by atoms with Gasteiger partial charge >= 0.3 is 0 Å². The lowest BCUT2D eigenvalue weighted by Crippen LogP contribution is -2.43. The van der Waals surface area contributed by atoms with Crippen molar-refractivity contribution in [3.63, 3.8) is 0 Å². The second-order valence-electron chi connectivity index (χ2n) is 7.11. The number of guanidine groups is 1. The van der Waals surface area contributed by atoms with E-state index in [0.29, 0.717) is 31.0 Å². The lowest BCUT2D eigenvalue weighted by atomic mass is 10.1. The first kappa shape index (κ1) is 27.2. The molecule has 2 rings (SSSR count). The molecule has 0 spiro atoms. The normalized spacial score (nSPS) is 10.6. The third-order valence-electron chi connectivity index (χ3n) is 4.61. The molecular formula is C23H32IN5O3. The quantitative estimate of drug-likeness (QED) is 0.251. The predicted molar refractivity (Wildman–Crippen MR) is 138 cm³/mol. The Hall–Kier alpha value is -2.82. The van der Waals surface area contributed by atoms with Crippen LogP contribution < -0.4 is 20.7 Å². The maximum atomic E-state index is 11.9. The maximum absolute atomic E-state index is 11.9. The zero-order valence-electron chi connectivity index (χ0n) is 19.0. The zero-order chi connectivity index (χ0) is 22.6. The molecule has 32 heavy (non-hydrogen) atoms. The largest absolute Gasteiger partial charge is 0.497 e. The van der Waals surface area contributed by atoms with Crippen molar-refractivity contribution in [2.45, 2.75) is 13.0 Å². The van der Waals surface area contributed by atoms with E-state index in [1.807, 2.05) is 42.5 Å². The number of hydrogen-bond donors (Lipinski definition) is 3. The number of carbonyl (C=O) groups is 2. The summed E-state index contributed by atoms with van der Waals surface area (Å²) < 4.78 is 5.18. The van der Waals surface area contributed by atoms with E-state index in [-0.39, 0.29) is 42.3 Å². The zero-order valence-corrected chi connectivity index (χ0v) is 21.3. The molecule has 2 aromatic carbocycles. The Balaban J connectivity index is 0.00000512. The van der Waals surface area contributed by atoms with Crippen LogP contribution in [0.2, 0.25) is 0 Å². The van der Waals surface area contributed by atoms with E-state index < -0.39 is 0 Å². The molecule has 0 heterocycles. The van der Waals surface area contributed by atoms with Crippen LogP contribution in [0.25, 0.3) is 0 Å². The molecule has 0 saturated heterocycles. The summed E-state index contributed by atoms with van der Waals surface area (Å²) in [6.07, 6.45) is 0.704. The molecule has 9 heteroatoms. The summed E-state index contributed by atoms with van der Waals surface area (Å²) in [6.45, 7) is 1.21. The van der Waals surface area contributed by atoms with Crippen molar-refractivity contribution in [3.05, 3.63) is 65.2 Å². The molecule has 0 aromatic heterocycles. The number of halogens is 1. The van der Waals surface area contributed by atoms with Gasteiger partial charge in [0, 0.05) is 33.3 Å². The van der Waals surface area contributed by atoms with Gasteiger partial charge in [-0.05, 0) is 41.8 Å². The van der Waals surface area contributed by atoms with Crippen LogP contribution in [0.4, 0.5) is 0 Å². The van der Waals surface area contributed by atoms with Crippen molar-refractivity contribution >= 4 is 41.8 Å². The number of aliphatic imine (C=N–C) groups is 1. The number of hydrogen-bond acceptors (Lipinski definition) is 4. The molecule has 0 saturated carbocycles. The Morgan fingerprint density at radius 2 is 1.75 bits per heavy atom. The fraction of sp³-hybridized carbons (Fsp3) is 0.348. The molecule has 0 radical (unpaired) electrons. The predicted octanol–water partition coefficient (Wildman–Crippen LogP) is 2.04. The average Bonchev–Trinajstić information content (AvgIpc) is 2.80. The van der Waals surface area contributed by atoms with Crippen molar-refractivity contribution < 1.29 is 14.3 Å². The van der Waals surface area contributed by atoms with E-state index in [4.69, 9.17) is 4.74 Å². The van der Waals surface area contributed by atoms with Gasteiger partial charge in [-0.2, -0.15) is 0 Å². The highest BCUT2D eigenvalue weighted by atomic mass is 127. The number of nitrogens with one attached hydrogen (secondary N) is 3. The summed E-state index contributed by atoms with van der Waals surface area (Å²) in [5.74, 6) is 1.19. The highest BCUT2D eigenvalue weighted by Gasteiger charge is 2.07. The minimum absolute atomic E-state index is 0. The van der Waals surface area contributed by atoms with Crippen molar-refractivity contribution in [1.82, 2.24) is 20.9 Å². The Bertz CT molecular complexity index is 901. The van der Waals surface area contributed by atoms with E-state index >= 15 is 0 Å². The number of ether oxygens (including phenoxy) is 1. The van der Waals surface area contributed by atoms with Gasteiger partial charge in [-0.1, -0.05) is 24.3 Å². The molecule has 3 N–H and O–H groups in total. The molecule has 2 amide bonds. The number of benzene rings is 2. The molecule has 0 unspecified atom stereocenters. The summed E-state index contributed by atoms with van der Waals surface area (Å²) >= 11 is 0. The smallest absolute Gasteiger partial charge is 0.251 e. The standard InChI is InChI=1S/C23H31N5O3.HI/c1-24-22(30)19-7-5-6-17(14-19)12-13-25-23(27-16-21(29)28(2)3)26-15-18-8-10-20(31-4)11-9-18;/h5-11,14H,12-13,15-16H2,1-4H3,(H,24,30)(H2,25,26,27);1H. The second-order valence-corrected chi connectivity index (χ2v) is 7.11. The van der Waals surface area contributed by atoms with E-state index in [9.17, 15) is 9.59 Å². The van der Waals surface area contributed by atoms with E-state index in [1.54, 1.807) is 34.3 Å². The van der Waals surface area contributed by atoms with Crippen LogP contribution in [0, 0.1) is 0 Å². The number of rotatable bonds is 9. The van der Waals surface area contributed by atoms with Gasteiger partial charge in [0.15, 0.2) is 5.96 Å². The summed E-state index contributed by atoms with van der Waals surface area (Å²) in [5, 5.41) is 8.97. The van der Waals surface area contributed by atoms with Crippen LogP contribution in [0.3, 0.4) is 0 Å². The Labute approximate surface area is 206 Å². The van der Waals surface area contributed by atoms with Crippen LogP contribution in [0.1, 0.15) is 21.5 Å².